The zero-order valence-corrected chi connectivity index (χ0v) is 32.3. The summed E-state index contributed by atoms with van der Waals surface area (Å²) in [6, 6.07) is 4.68. The number of rotatable bonds is 8. The largest absolute Gasteiger partial charge is 0.497 e. The van der Waals surface area contributed by atoms with Crippen molar-refractivity contribution < 1.29 is 37.0 Å². The number of aromatic nitrogens is 2. The number of allylic oxidation sites excluding steroid dienone is 1. The number of methoxy groups -OCH3 is 1. The summed E-state index contributed by atoms with van der Waals surface area (Å²) in [6.07, 6.45) is 9.01. The van der Waals surface area contributed by atoms with Gasteiger partial charge in [0.15, 0.2) is 5.78 Å². The van der Waals surface area contributed by atoms with Crippen LogP contribution in [0.15, 0.2) is 30.9 Å². The molecule has 1 aromatic carbocycles. The molecule has 7 rings (SSSR count). The van der Waals surface area contributed by atoms with Crippen LogP contribution in [0, 0.1) is 28.6 Å². The first-order valence-electron chi connectivity index (χ1n) is 19.4. The van der Waals surface area contributed by atoms with Gasteiger partial charge in [-0.1, -0.05) is 39.7 Å². The maximum absolute atomic E-state index is 14.7. The molecular weight excluding hydrogens is 697 g/mol. The van der Waals surface area contributed by atoms with Crippen LogP contribution >= 0.6 is 0 Å². The van der Waals surface area contributed by atoms with Crippen molar-refractivity contribution in [1.29, 1.82) is 0 Å². The molecule has 0 unspecified atom stereocenters. The molecule has 3 heterocycles. The van der Waals surface area contributed by atoms with Gasteiger partial charge in [0.1, 0.15) is 17.5 Å². The topological polar surface area (TPSA) is 154 Å². The third-order valence-corrected chi connectivity index (χ3v) is 13.9. The highest BCUT2D eigenvalue weighted by molar-refractivity contribution is 7.90. The van der Waals surface area contributed by atoms with Crippen molar-refractivity contribution in [1.82, 2.24) is 19.6 Å². The van der Waals surface area contributed by atoms with Crippen LogP contribution in [0.2, 0.25) is 0 Å². The molecule has 288 valence electrons. The monoisotopic (exact) mass is 750 g/mol. The second-order valence-electron chi connectivity index (χ2n) is 17.0. The van der Waals surface area contributed by atoms with Crippen molar-refractivity contribution in [2.75, 3.05) is 20.3 Å². The van der Waals surface area contributed by atoms with E-state index < -0.39 is 50.1 Å². The van der Waals surface area contributed by atoms with Gasteiger partial charge in [0.25, 0.3) is 0 Å². The zero-order chi connectivity index (χ0) is 37.7. The van der Waals surface area contributed by atoms with Gasteiger partial charge in [0.2, 0.25) is 27.7 Å². The van der Waals surface area contributed by atoms with Crippen molar-refractivity contribution in [2.45, 2.75) is 121 Å². The normalized spacial score (nSPS) is 30.9. The molecule has 53 heavy (non-hydrogen) atoms. The molecule has 7 atom stereocenters. The van der Waals surface area contributed by atoms with Crippen LogP contribution in [0.3, 0.4) is 0 Å². The molecule has 1 N–H and O–H groups in total. The average Bonchev–Trinajstić information content (AvgIpc) is 4.03. The number of fused-ring (bicyclic) bond motifs is 5. The maximum Gasteiger partial charge on any atom is 0.240 e. The molecule has 3 saturated carbocycles. The van der Waals surface area contributed by atoms with Crippen molar-refractivity contribution in [3.63, 3.8) is 0 Å². The SMILES string of the molecule is C=C[C@@H]1C[C@]1(CC(=O)[C@@H]1C[C@@H]2CN1C(=O)[C@H](C(C)(C)C)CCO[C@@H]1C[C@H]1CCCCCc1nc3ccc(OC)cc3nc1O2)C(=O)NS(=O)(=O)C1CC1. The van der Waals surface area contributed by atoms with Gasteiger partial charge in [-0.2, -0.15) is 0 Å². The fourth-order valence-corrected chi connectivity index (χ4v) is 9.79. The van der Waals surface area contributed by atoms with Crippen LogP contribution in [-0.4, -0.2) is 84.6 Å². The number of hydrogen-bond acceptors (Lipinski definition) is 10. The Morgan fingerprint density at radius 1 is 1.09 bits per heavy atom. The minimum absolute atomic E-state index is 0.153. The summed E-state index contributed by atoms with van der Waals surface area (Å²) >= 11 is 0. The summed E-state index contributed by atoms with van der Waals surface area (Å²) < 4.78 is 46.2. The van der Waals surface area contributed by atoms with Gasteiger partial charge < -0.3 is 19.1 Å². The van der Waals surface area contributed by atoms with E-state index in [9.17, 15) is 22.8 Å². The van der Waals surface area contributed by atoms with Crippen LogP contribution in [0.4, 0.5) is 0 Å². The first-order valence-corrected chi connectivity index (χ1v) is 20.9. The van der Waals surface area contributed by atoms with E-state index in [0.717, 1.165) is 43.3 Å². The van der Waals surface area contributed by atoms with E-state index >= 15 is 0 Å². The molecule has 2 amide bonds. The van der Waals surface area contributed by atoms with Crippen molar-refractivity contribution >= 4 is 38.7 Å². The Balaban J connectivity index is 1.20. The first kappa shape index (κ1) is 37.7. The molecule has 2 aromatic rings. The lowest BCUT2D eigenvalue weighted by Crippen LogP contribution is -2.48. The van der Waals surface area contributed by atoms with Crippen LogP contribution in [0.25, 0.3) is 11.0 Å². The maximum atomic E-state index is 14.7. The Kier molecular flexibility index (Phi) is 10.4. The Morgan fingerprint density at radius 2 is 1.89 bits per heavy atom. The molecule has 1 aromatic heterocycles. The van der Waals surface area contributed by atoms with E-state index in [1.54, 1.807) is 18.1 Å². The molecule has 2 bridgehead atoms. The third kappa shape index (κ3) is 8.11. The number of Topliss-reactive ketones (excluding diaryl/α,β-unsaturated/α-hetero) is 1. The highest BCUT2D eigenvalue weighted by atomic mass is 32.2. The van der Waals surface area contributed by atoms with Crippen molar-refractivity contribution in [3.8, 4) is 11.6 Å². The van der Waals surface area contributed by atoms with Gasteiger partial charge >= 0.3 is 0 Å². The minimum Gasteiger partial charge on any atom is -0.497 e. The number of aryl methyl sites for hydroxylation is 1. The van der Waals surface area contributed by atoms with Crippen LogP contribution < -0.4 is 14.2 Å². The number of amides is 2. The highest BCUT2D eigenvalue weighted by Gasteiger charge is 2.61. The average molecular weight is 751 g/mol. The van der Waals surface area contributed by atoms with Gasteiger partial charge in [-0.15, -0.1) is 6.58 Å². The third-order valence-electron chi connectivity index (χ3n) is 12.1. The van der Waals surface area contributed by atoms with E-state index in [0.29, 0.717) is 61.8 Å². The molecule has 3 aliphatic carbocycles. The summed E-state index contributed by atoms with van der Waals surface area (Å²) in [5.74, 6) is -0.324. The number of carbonyl (C=O) groups excluding carboxylic acids is 3. The van der Waals surface area contributed by atoms with E-state index in [1.807, 2.05) is 39.0 Å². The van der Waals surface area contributed by atoms with Crippen LogP contribution in [0.1, 0.15) is 97.1 Å². The quantitative estimate of drug-likeness (QED) is 0.351. The standard InChI is InChI=1S/C40H54N4O8S/c1-6-25-21-40(25,38(47)43-53(48,49)28-13-14-28)22-34(45)33-20-27-23-44(33)37(46)29(39(2,3)4)16-17-51-35-18-24(35)10-8-7-9-11-31-36(52-27)42-32-19-26(50-5)12-15-30(32)41-31/h6,12,15,19,24-25,27-29,33,35H,1,7-11,13-14,16-18,20-23H2,2-5H3,(H,43,47)/t24-,25-,27-,29-,33+,35-,40-/m1/s1. The second kappa shape index (κ2) is 14.6. The highest BCUT2D eigenvalue weighted by Crippen LogP contribution is 2.57. The van der Waals surface area contributed by atoms with Gasteiger partial charge in [0, 0.05) is 31.4 Å². The molecule has 0 radical (unpaired) electrons. The summed E-state index contributed by atoms with van der Waals surface area (Å²) in [7, 11) is -2.22. The summed E-state index contributed by atoms with van der Waals surface area (Å²) in [5.41, 5.74) is 0.432. The van der Waals surface area contributed by atoms with Gasteiger partial charge in [0.05, 0.1) is 47.5 Å². The summed E-state index contributed by atoms with van der Waals surface area (Å²) in [6.45, 7) is 10.6. The first-order chi connectivity index (χ1) is 25.2. The molecule has 12 nitrogen and oxygen atoms in total. The van der Waals surface area contributed by atoms with Gasteiger partial charge in [-0.3, -0.25) is 19.1 Å². The number of benzene rings is 1. The lowest BCUT2D eigenvalue weighted by molar-refractivity contribution is -0.145. The Morgan fingerprint density at radius 3 is 2.58 bits per heavy atom. The number of hydrogen-bond donors (Lipinski definition) is 1. The van der Waals surface area contributed by atoms with Crippen molar-refractivity contribution in [3.05, 3.63) is 36.5 Å². The molecule has 1 saturated heterocycles. The van der Waals surface area contributed by atoms with Gasteiger partial charge in [-0.25, -0.2) is 18.4 Å². The second-order valence-corrected chi connectivity index (χ2v) is 19.0. The number of ether oxygens (including phenoxy) is 3. The van der Waals surface area contributed by atoms with E-state index in [1.165, 1.54) is 0 Å². The Bertz CT molecular complexity index is 1870. The molecule has 5 aliphatic rings. The summed E-state index contributed by atoms with van der Waals surface area (Å²) in [5, 5.41) is -0.576. The minimum atomic E-state index is -3.81. The number of carbonyl (C=O) groups is 3. The number of nitrogens with one attached hydrogen (secondary N) is 1. The number of sulfonamides is 1. The summed E-state index contributed by atoms with van der Waals surface area (Å²) in [4.78, 5) is 54.3. The fraction of sp³-hybridized carbons (Fsp3) is 0.675. The lowest BCUT2D eigenvalue weighted by atomic mass is 9.77. The lowest BCUT2D eigenvalue weighted by Gasteiger charge is -2.35. The van der Waals surface area contributed by atoms with E-state index in [-0.39, 0.29) is 43.1 Å². The number of nitrogens with zero attached hydrogens (tertiary/aromatic N) is 3. The van der Waals surface area contributed by atoms with E-state index in [2.05, 4.69) is 11.3 Å². The number of ketones is 1. The van der Waals surface area contributed by atoms with Crippen LogP contribution in [-0.2, 0) is 35.6 Å². The molecule has 2 aliphatic heterocycles. The predicted molar refractivity (Wildman–Crippen MR) is 199 cm³/mol. The fourth-order valence-electron chi connectivity index (χ4n) is 8.40. The molecular formula is C40H54N4O8S. The zero-order valence-electron chi connectivity index (χ0n) is 31.5. The van der Waals surface area contributed by atoms with Crippen molar-refractivity contribution in [2.24, 2.45) is 28.6 Å². The van der Waals surface area contributed by atoms with Crippen LogP contribution in [0.5, 0.6) is 11.6 Å². The predicted octanol–water partition coefficient (Wildman–Crippen LogP) is 5.32. The Hall–Kier alpha value is -3.58. The molecule has 4 fully saturated rings. The smallest absolute Gasteiger partial charge is 0.240 e. The molecule has 13 heteroatoms. The molecule has 0 spiro atoms. The van der Waals surface area contributed by atoms with E-state index in [4.69, 9.17) is 24.2 Å². The Labute approximate surface area is 312 Å². The van der Waals surface area contributed by atoms with Gasteiger partial charge in [-0.05, 0) is 80.8 Å².